The molecule has 0 aromatic carbocycles. The van der Waals surface area contributed by atoms with Crippen LogP contribution in [0.4, 0.5) is 10.7 Å². The first-order chi connectivity index (χ1) is 7.51. The van der Waals surface area contributed by atoms with Crippen molar-refractivity contribution in [3.05, 3.63) is 10.5 Å². The third-order valence-corrected chi connectivity index (χ3v) is 2.38. The lowest BCUT2D eigenvalue weighted by Gasteiger charge is -2.09. The number of amides is 1. The van der Waals surface area contributed by atoms with Crippen molar-refractivity contribution in [2.24, 2.45) is 7.05 Å². The highest BCUT2D eigenvalue weighted by molar-refractivity contribution is 5.75. The minimum atomic E-state index is -0.503. The van der Waals surface area contributed by atoms with Crippen LogP contribution in [0, 0.1) is 0 Å². The topological polar surface area (TPSA) is 81.0 Å². The Labute approximate surface area is 93.4 Å². The standard InChI is InChI=1S/C9H17N5O2/c1-5-6(2)11-8(15)14-9(16)13(4)7(10-3)12-14/h6H,5H2,1-4H3,(H,10,12)(H,11,15). The first-order valence-electron chi connectivity index (χ1n) is 5.15. The van der Waals surface area contributed by atoms with E-state index >= 15 is 0 Å². The molecule has 0 aliphatic heterocycles. The molecule has 7 nitrogen and oxygen atoms in total. The molecule has 0 aliphatic rings. The third kappa shape index (κ3) is 2.23. The number of hydrogen-bond acceptors (Lipinski definition) is 4. The second-order valence-electron chi connectivity index (χ2n) is 3.59. The van der Waals surface area contributed by atoms with Crippen LogP contribution in [0.3, 0.4) is 0 Å². The highest BCUT2D eigenvalue weighted by Crippen LogP contribution is 1.95. The van der Waals surface area contributed by atoms with Crippen LogP contribution in [0.2, 0.25) is 0 Å². The van der Waals surface area contributed by atoms with E-state index in [2.05, 4.69) is 15.7 Å². The number of carbonyl (C=O) groups excluding carboxylic acids is 1. The molecule has 1 unspecified atom stereocenters. The summed E-state index contributed by atoms with van der Waals surface area (Å²) < 4.78 is 2.09. The van der Waals surface area contributed by atoms with Crippen LogP contribution < -0.4 is 16.3 Å². The zero-order valence-corrected chi connectivity index (χ0v) is 9.94. The van der Waals surface area contributed by atoms with Gasteiger partial charge in [0, 0.05) is 20.1 Å². The molecule has 0 bridgehead atoms. The van der Waals surface area contributed by atoms with Gasteiger partial charge in [-0.1, -0.05) is 6.92 Å². The van der Waals surface area contributed by atoms with Gasteiger partial charge in [-0.3, -0.25) is 4.57 Å². The van der Waals surface area contributed by atoms with Gasteiger partial charge in [0.1, 0.15) is 0 Å². The Kier molecular flexibility index (Phi) is 3.70. The van der Waals surface area contributed by atoms with Crippen molar-refractivity contribution in [1.82, 2.24) is 19.7 Å². The third-order valence-electron chi connectivity index (χ3n) is 2.38. The van der Waals surface area contributed by atoms with Gasteiger partial charge in [-0.05, 0) is 13.3 Å². The molecule has 90 valence electrons. The van der Waals surface area contributed by atoms with E-state index in [0.29, 0.717) is 5.95 Å². The zero-order valence-electron chi connectivity index (χ0n) is 9.94. The fourth-order valence-electron chi connectivity index (χ4n) is 1.16. The lowest BCUT2D eigenvalue weighted by molar-refractivity contribution is 0.235. The van der Waals surface area contributed by atoms with Crippen LogP contribution in [-0.2, 0) is 7.05 Å². The van der Waals surface area contributed by atoms with Crippen LogP contribution in [0.25, 0.3) is 0 Å². The Morgan fingerprint density at radius 3 is 2.62 bits per heavy atom. The van der Waals surface area contributed by atoms with E-state index in [9.17, 15) is 9.59 Å². The number of carbonyl (C=O) groups is 1. The fourth-order valence-corrected chi connectivity index (χ4v) is 1.16. The Morgan fingerprint density at radius 1 is 1.56 bits per heavy atom. The summed E-state index contributed by atoms with van der Waals surface area (Å²) in [5, 5.41) is 9.26. The first-order valence-corrected chi connectivity index (χ1v) is 5.15. The molecule has 1 aromatic rings. The number of rotatable bonds is 3. The zero-order chi connectivity index (χ0) is 12.3. The second kappa shape index (κ2) is 4.82. The molecule has 0 fully saturated rings. The van der Waals surface area contributed by atoms with Crippen molar-refractivity contribution in [3.63, 3.8) is 0 Å². The lowest BCUT2D eigenvalue weighted by atomic mass is 10.3. The summed E-state index contributed by atoms with van der Waals surface area (Å²) in [6.07, 6.45) is 0.798. The summed E-state index contributed by atoms with van der Waals surface area (Å²) in [4.78, 5) is 23.3. The largest absolute Gasteiger partial charge is 0.357 e. The average Bonchev–Trinajstić information content (AvgIpc) is 2.55. The van der Waals surface area contributed by atoms with Gasteiger partial charge in [0.2, 0.25) is 5.95 Å². The van der Waals surface area contributed by atoms with Gasteiger partial charge in [0.05, 0.1) is 0 Å². The highest BCUT2D eigenvalue weighted by Gasteiger charge is 2.16. The number of aromatic nitrogens is 3. The Bertz CT molecular complexity index is 434. The first kappa shape index (κ1) is 12.3. The predicted molar refractivity (Wildman–Crippen MR) is 60.7 cm³/mol. The summed E-state index contributed by atoms with van der Waals surface area (Å²) in [5.74, 6) is 0.351. The van der Waals surface area contributed by atoms with Gasteiger partial charge >= 0.3 is 11.7 Å². The molecular weight excluding hydrogens is 210 g/mol. The summed E-state index contributed by atoms with van der Waals surface area (Å²) in [6, 6.07) is -0.490. The molecule has 1 atom stereocenters. The van der Waals surface area contributed by atoms with Crippen LogP contribution >= 0.6 is 0 Å². The summed E-state index contributed by atoms with van der Waals surface area (Å²) >= 11 is 0. The maximum absolute atomic E-state index is 11.7. The maximum Gasteiger partial charge on any atom is 0.355 e. The van der Waals surface area contributed by atoms with Crippen LogP contribution in [0.1, 0.15) is 20.3 Å². The molecule has 1 heterocycles. The van der Waals surface area contributed by atoms with Gasteiger partial charge in [-0.2, -0.15) is 0 Å². The highest BCUT2D eigenvalue weighted by atomic mass is 16.2. The molecule has 16 heavy (non-hydrogen) atoms. The van der Waals surface area contributed by atoms with Gasteiger partial charge in [0.25, 0.3) is 0 Å². The van der Waals surface area contributed by atoms with Crippen LogP contribution in [-0.4, -0.2) is 33.5 Å². The predicted octanol–water partition coefficient (Wildman–Crippen LogP) is -0.0203. The molecule has 0 spiro atoms. The molecular formula is C9H17N5O2. The molecule has 0 aliphatic carbocycles. The molecule has 0 saturated carbocycles. The molecule has 7 heteroatoms. The van der Waals surface area contributed by atoms with E-state index in [-0.39, 0.29) is 6.04 Å². The molecule has 2 N–H and O–H groups in total. The van der Waals surface area contributed by atoms with Crippen molar-refractivity contribution < 1.29 is 4.79 Å². The smallest absolute Gasteiger partial charge is 0.355 e. The molecule has 0 radical (unpaired) electrons. The minimum absolute atomic E-state index is 0.0134. The fraction of sp³-hybridized carbons (Fsp3) is 0.667. The Morgan fingerprint density at radius 2 is 2.19 bits per heavy atom. The monoisotopic (exact) mass is 227 g/mol. The molecule has 0 saturated heterocycles. The van der Waals surface area contributed by atoms with E-state index in [0.717, 1.165) is 11.1 Å². The number of hydrogen-bond donors (Lipinski definition) is 2. The maximum atomic E-state index is 11.7. The summed E-state index contributed by atoms with van der Waals surface area (Å²) in [6.45, 7) is 3.82. The summed E-state index contributed by atoms with van der Waals surface area (Å²) in [5.41, 5.74) is -0.467. The van der Waals surface area contributed by atoms with E-state index in [4.69, 9.17) is 0 Å². The van der Waals surface area contributed by atoms with Crippen LogP contribution in [0.15, 0.2) is 4.79 Å². The SMILES string of the molecule is CCC(C)NC(=O)n1nc(NC)n(C)c1=O. The Hall–Kier alpha value is -1.79. The van der Waals surface area contributed by atoms with Gasteiger partial charge in [-0.25, -0.2) is 9.59 Å². The molecule has 1 amide bonds. The van der Waals surface area contributed by atoms with Gasteiger partial charge in [-0.15, -0.1) is 9.78 Å². The van der Waals surface area contributed by atoms with Crippen molar-refractivity contribution in [1.29, 1.82) is 0 Å². The number of nitrogens with one attached hydrogen (secondary N) is 2. The Balaban J connectivity index is 2.96. The van der Waals surface area contributed by atoms with Crippen molar-refractivity contribution in [2.75, 3.05) is 12.4 Å². The van der Waals surface area contributed by atoms with Gasteiger partial charge in [0.15, 0.2) is 0 Å². The molecule has 1 rings (SSSR count). The van der Waals surface area contributed by atoms with Crippen LogP contribution in [0.5, 0.6) is 0 Å². The molecule has 1 aromatic heterocycles. The van der Waals surface area contributed by atoms with Crippen molar-refractivity contribution in [2.45, 2.75) is 26.3 Å². The number of anilines is 1. The van der Waals surface area contributed by atoms with Crippen molar-refractivity contribution in [3.8, 4) is 0 Å². The van der Waals surface area contributed by atoms with Gasteiger partial charge < -0.3 is 10.6 Å². The summed E-state index contributed by atoms with van der Waals surface area (Å²) in [7, 11) is 3.19. The average molecular weight is 227 g/mol. The lowest BCUT2D eigenvalue weighted by Crippen LogP contribution is -2.41. The van der Waals surface area contributed by atoms with E-state index < -0.39 is 11.7 Å². The second-order valence-corrected chi connectivity index (χ2v) is 3.59. The van der Waals surface area contributed by atoms with E-state index in [1.54, 1.807) is 14.1 Å². The van der Waals surface area contributed by atoms with E-state index in [1.165, 1.54) is 4.57 Å². The minimum Gasteiger partial charge on any atom is -0.357 e. The normalized spacial score (nSPS) is 12.2. The van der Waals surface area contributed by atoms with E-state index in [1.807, 2.05) is 13.8 Å². The number of nitrogens with zero attached hydrogens (tertiary/aromatic N) is 3. The van der Waals surface area contributed by atoms with Crippen molar-refractivity contribution >= 4 is 12.0 Å². The quantitative estimate of drug-likeness (QED) is 0.760.